The van der Waals surface area contributed by atoms with Crippen LogP contribution in [0.25, 0.3) is 33.2 Å². The van der Waals surface area contributed by atoms with Gasteiger partial charge in [-0.15, -0.1) is 29.3 Å². The third-order valence-electron chi connectivity index (χ3n) is 5.86. The van der Waals surface area contributed by atoms with E-state index in [2.05, 4.69) is 91.6 Å². The van der Waals surface area contributed by atoms with E-state index in [0.29, 0.717) is 0 Å². The maximum Gasteiger partial charge on any atom is 0.155 e. The number of nitrogens with zero attached hydrogens (tertiary/aromatic N) is 1. The van der Waals surface area contributed by atoms with Crippen molar-refractivity contribution in [3.05, 3.63) is 102 Å². The summed E-state index contributed by atoms with van der Waals surface area (Å²) < 4.78 is 0. The number of carbonyl (C=O) groups is 1. The summed E-state index contributed by atoms with van der Waals surface area (Å²) >= 11 is 0. The molecule has 1 aliphatic rings. The van der Waals surface area contributed by atoms with Crippen molar-refractivity contribution in [1.82, 2.24) is 4.98 Å². The van der Waals surface area contributed by atoms with Gasteiger partial charge in [-0.05, 0) is 47.4 Å². The first kappa shape index (κ1) is 24.6. The zero-order chi connectivity index (χ0) is 22.9. The molecule has 0 amide bonds. The number of aromatic nitrogens is 1. The van der Waals surface area contributed by atoms with E-state index in [1.165, 1.54) is 52.9 Å². The molecular formula is C29H26IrNO2-. The summed E-state index contributed by atoms with van der Waals surface area (Å²) in [6.45, 7) is 7.46. The van der Waals surface area contributed by atoms with Crippen LogP contribution in [-0.4, -0.2) is 15.9 Å². The molecule has 3 nitrogen and oxygen atoms in total. The van der Waals surface area contributed by atoms with Crippen molar-refractivity contribution in [2.24, 2.45) is 0 Å². The maximum atomic E-state index is 10.0. The van der Waals surface area contributed by atoms with Gasteiger partial charge >= 0.3 is 0 Å². The maximum absolute atomic E-state index is 10.0. The predicted octanol–water partition coefficient (Wildman–Crippen LogP) is 7.04. The molecular weight excluding hydrogens is 587 g/mol. The molecule has 0 atom stereocenters. The second-order valence-electron chi connectivity index (χ2n) is 8.62. The summed E-state index contributed by atoms with van der Waals surface area (Å²) in [5.74, 6) is -0.0625. The number of rotatable bonds is 2. The molecule has 4 aromatic rings. The number of carbonyl (C=O) groups excluding carboxylic acids is 1. The van der Waals surface area contributed by atoms with Gasteiger partial charge in [-0.25, -0.2) is 0 Å². The van der Waals surface area contributed by atoms with E-state index >= 15 is 0 Å². The van der Waals surface area contributed by atoms with Crippen molar-refractivity contribution in [1.29, 1.82) is 0 Å². The number of aliphatic hydroxyl groups excluding tert-OH is 1. The van der Waals surface area contributed by atoms with Gasteiger partial charge in [0.15, 0.2) is 5.78 Å². The predicted molar refractivity (Wildman–Crippen MR) is 131 cm³/mol. The fourth-order valence-corrected chi connectivity index (χ4v) is 4.40. The minimum atomic E-state index is -0.125. The van der Waals surface area contributed by atoms with Crippen LogP contribution in [0.15, 0.2) is 84.8 Å². The summed E-state index contributed by atoms with van der Waals surface area (Å²) in [5, 5.41) is 10.8. The van der Waals surface area contributed by atoms with Crippen LogP contribution in [0.5, 0.6) is 0 Å². The van der Waals surface area contributed by atoms with Crippen molar-refractivity contribution in [2.75, 3.05) is 0 Å². The third-order valence-corrected chi connectivity index (χ3v) is 5.86. The molecule has 33 heavy (non-hydrogen) atoms. The third kappa shape index (κ3) is 4.83. The average Bonchev–Trinajstić information content (AvgIpc) is 3.00. The molecule has 4 heteroatoms. The molecule has 0 spiro atoms. The van der Waals surface area contributed by atoms with Crippen molar-refractivity contribution in [3.63, 3.8) is 0 Å². The van der Waals surface area contributed by atoms with Crippen molar-refractivity contribution >= 4 is 16.6 Å². The summed E-state index contributed by atoms with van der Waals surface area (Å²) in [5.41, 5.74) is 7.45. The fraction of sp³-hybridized carbons (Fsp3) is 0.172. The molecule has 1 radical (unpaired) electrons. The Labute approximate surface area is 208 Å². The number of allylic oxidation sites excluding steroid dienone is 2. The standard InChI is InChI=1S/C24H18N.C5H8O2.Ir/c1-24(2)21-10-6-5-9-19(21)20-12-11-17(15-22(20)24)23-18-8-4-3-7-16(18)13-14-25-23;1-4(6)3-5(2)7;/h3-10,12-15H,1-2H3;3,6H,1-2H3;/q-1;;. The summed E-state index contributed by atoms with van der Waals surface area (Å²) in [6, 6.07) is 27.1. The zero-order valence-electron chi connectivity index (χ0n) is 19.1. The van der Waals surface area contributed by atoms with Crippen LogP contribution in [0.1, 0.15) is 38.8 Å². The van der Waals surface area contributed by atoms with Gasteiger partial charge in [0.25, 0.3) is 0 Å². The molecule has 0 saturated heterocycles. The molecule has 1 aromatic heterocycles. The Bertz CT molecular complexity index is 1350. The van der Waals surface area contributed by atoms with Crippen molar-refractivity contribution in [2.45, 2.75) is 33.1 Å². The van der Waals surface area contributed by atoms with Gasteiger partial charge < -0.3 is 10.1 Å². The SMILES string of the molecule is CC(=O)C=C(C)O.CC1(C)c2ccccc2-c2c[c-]c(-c3nccc4ccccc34)cc21.[Ir]. The van der Waals surface area contributed by atoms with Crippen LogP contribution in [0, 0.1) is 6.07 Å². The van der Waals surface area contributed by atoms with Crippen LogP contribution < -0.4 is 0 Å². The van der Waals surface area contributed by atoms with Crippen molar-refractivity contribution < 1.29 is 30.0 Å². The second kappa shape index (κ2) is 9.82. The molecule has 0 saturated carbocycles. The number of benzene rings is 3. The van der Waals surface area contributed by atoms with Gasteiger partial charge in [-0.1, -0.05) is 73.5 Å². The number of ketones is 1. The van der Waals surface area contributed by atoms with E-state index < -0.39 is 0 Å². The van der Waals surface area contributed by atoms with Gasteiger partial charge in [0.2, 0.25) is 0 Å². The Kier molecular flexibility index (Phi) is 7.31. The van der Waals surface area contributed by atoms with E-state index in [9.17, 15) is 4.79 Å². The monoisotopic (exact) mass is 613 g/mol. The molecule has 5 rings (SSSR count). The smallest absolute Gasteiger partial charge is 0.155 e. The summed E-state index contributed by atoms with van der Waals surface area (Å²) in [4.78, 5) is 14.7. The molecule has 3 aromatic carbocycles. The molecule has 0 aliphatic heterocycles. The minimum absolute atomic E-state index is 0. The Morgan fingerprint density at radius 3 is 2.36 bits per heavy atom. The first-order valence-electron chi connectivity index (χ1n) is 10.7. The van der Waals surface area contributed by atoms with Crippen molar-refractivity contribution in [3.8, 4) is 22.4 Å². The van der Waals surface area contributed by atoms with Gasteiger partial charge in [-0.2, -0.15) is 0 Å². The molecule has 1 N–H and O–H groups in total. The molecule has 0 bridgehead atoms. The number of aliphatic hydroxyl groups is 1. The summed E-state index contributed by atoms with van der Waals surface area (Å²) in [7, 11) is 0. The Hall–Kier alpha value is -3.07. The fourth-order valence-electron chi connectivity index (χ4n) is 4.40. The minimum Gasteiger partial charge on any atom is -0.512 e. The number of pyridine rings is 1. The molecule has 0 fully saturated rings. The van der Waals surface area contributed by atoms with E-state index in [-0.39, 0.29) is 37.1 Å². The molecule has 169 valence electrons. The topological polar surface area (TPSA) is 50.2 Å². The van der Waals surface area contributed by atoms with Crippen LogP contribution in [0.4, 0.5) is 0 Å². The molecule has 1 aliphatic carbocycles. The number of hydrogen-bond donors (Lipinski definition) is 1. The average molecular weight is 613 g/mol. The largest absolute Gasteiger partial charge is 0.512 e. The Morgan fingerprint density at radius 1 is 0.970 bits per heavy atom. The number of fused-ring (bicyclic) bond motifs is 4. The van der Waals surface area contributed by atoms with Crippen LogP contribution in [0.3, 0.4) is 0 Å². The Morgan fingerprint density at radius 2 is 1.67 bits per heavy atom. The van der Waals surface area contributed by atoms with Crippen LogP contribution >= 0.6 is 0 Å². The first-order chi connectivity index (χ1) is 15.3. The summed E-state index contributed by atoms with van der Waals surface area (Å²) in [6.07, 6.45) is 3.05. The van der Waals surface area contributed by atoms with Gasteiger partial charge in [0.1, 0.15) is 0 Å². The van der Waals surface area contributed by atoms with Gasteiger partial charge in [-0.3, -0.25) is 4.79 Å². The van der Waals surface area contributed by atoms with E-state index in [0.717, 1.165) is 11.3 Å². The van der Waals surface area contributed by atoms with Crippen LogP contribution in [0.2, 0.25) is 0 Å². The zero-order valence-corrected chi connectivity index (χ0v) is 21.5. The van der Waals surface area contributed by atoms with E-state index in [1.54, 1.807) is 0 Å². The quantitative estimate of drug-likeness (QED) is 0.150. The van der Waals surface area contributed by atoms with Crippen LogP contribution in [-0.2, 0) is 30.3 Å². The van der Waals surface area contributed by atoms with E-state index in [1.807, 2.05) is 6.20 Å². The van der Waals surface area contributed by atoms with Gasteiger partial charge in [0, 0.05) is 32.4 Å². The van der Waals surface area contributed by atoms with Gasteiger partial charge in [0.05, 0.1) is 5.76 Å². The molecule has 0 unspecified atom stereocenters. The van der Waals surface area contributed by atoms with E-state index in [4.69, 9.17) is 5.11 Å². The second-order valence-corrected chi connectivity index (χ2v) is 8.62. The first-order valence-corrected chi connectivity index (χ1v) is 10.7. The number of hydrogen-bond acceptors (Lipinski definition) is 3. The molecule has 1 heterocycles. The Balaban J connectivity index is 0.000000337. The normalized spacial score (nSPS) is 13.3.